The van der Waals surface area contributed by atoms with Crippen LogP contribution in [0.5, 0.6) is 11.5 Å². The van der Waals surface area contributed by atoms with Crippen LogP contribution < -0.4 is 26.0 Å². The Hall–Kier alpha value is -3.59. The van der Waals surface area contributed by atoms with Crippen LogP contribution in [0.3, 0.4) is 0 Å². The number of anilines is 1. The molecule has 0 fully saturated rings. The van der Waals surface area contributed by atoms with Crippen molar-refractivity contribution < 1.29 is 14.3 Å². The number of carbonyl (C=O) groups is 1. The SMILES string of the molecule is COc1ccc(OC)c(NC(=O)c2nn(-c3ccc(Cl)cc3)c(=O)n(C)c2=O)c1. The molecule has 0 bridgehead atoms. The number of carbonyl (C=O) groups excluding carboxylic acids is 1. The minimum absolute atomic E-state index is 0.282. The van der Waals surface area contributed by atoms with E-state index in [-0.39, 0.29) is 5.69 Å². The molecule has 0 saturated heterocycles. The van der Waals surface area contributed by atoms with Crippen LogP contribution in [0.1, 0.15) is 10.5 Å². The zero-order valence-electron chi connectivity index (χ0n) is 15.8. The summed E-state index contributed by atoms with van der Waals surface area (Å²) >= 11 is 5.87. The molecule has 3 aromatic rings. The summed E-state index contributed by atoms with van der Waals surface area (Å²) in [6.07, 6.45) is 0. The summed E-state index contributed by atoms with van der Waals surface area (Å²) in [4.78, 5) is 37.7. The molecule has 0 spiro atoms. The van der Waals surface area contributed by atoms with Crippen molar-refractivity contribution in [3.05, 3.63) is 74.0 Å². The van der Waals surface area contributed by atoms with E-state index in [1.54, 1.807) is 36.4 Å². The second-order valence-electron chi connectivity index (χ2n) is 5.90. The van der Waals surface area contributed by atoms with E-state index in [2.05, 4.69) is 10.4 Å². The third-order valence-electron chi connectivity index (χ3n) is 4.12. The van der Waals surface area contributed by atoms with Crippen LogP contribution in [0.25, 0.3) is 5.69 Å². The van der Waals surface area contributed by atoms with Crippen molar-refractivity contribution in [3.8, 4) is 17.2 Å². The predicted octanol–water partition coefficient (Wildman–Crippen LogP) is 1.85. The summed E-state index contributed by atoms with van der Waals surface area (Å²) in [5.41, 5.74) is -1.37. The highest BCUT2D eigenvalue weighted by atomic mass is 35.5. The Morgan fingerprint density at radius 1 is 1.07 bits per heavy atom. The van der Waals surface area contributed by atoms with E-state index in [0.29, 0.717) is 22.2 Å². The number of rotatable bonds is 5. The lowest BCUT2D eigenvalue weighted by Gasteiger charge is -2.12. The molecular weight excluding hydrogens is 400 g/mol. The maximum absolute atomic E-state index is 12.8. The molecule has 29 heavy (non-hydrogen) atoms. The number of hydrogen-bond donors (Lipinski definition) is 1. The first-order valence-corrected chi connectivity index (χ1v) is 8.73. The van der Waals surface area contributed by atoms with E-state index in [0.717, 1.165) is 9.25 Å². The number of nitrogens with one attached hydrogen (secondary N) is 1. The fourth-order valence-electron chi connectivity index (χ4n) is 2.56. The van der Waals surface area contributed by atoms with E-state index in [1.807, 2.05) is 0 Å². The van der Waals surface area contributed by atoms with Crippen LogP contribution in [0.15, 0.2) is 52.1 Å². The summed E-state index contributed by atoms with van der Waals surface area (Å²) in [7, 11) is 4.18. The second kappa shape index (κ2) is 8.19. The predicted molar refractivity (Wildman–Crippen MR) is 108 cm³/mol. The van der Waals surface area contributed by atoms with Gasteiger partial charge in [0.2, 0.25) is 5.69 Å². The van der Waals surface area contributed by atoms with E-state index < -0.39 is 22.9 Å². The van der Waals surface area contributed by atoms with Crippen molar-refractivity contribution in [1.29, 1.82) is 0 Å². The van der Waals surface area contributed by atoms with E-state index >= 15 is 0 Å². The van der Waals surface area contributed by atoms with Gasteiger partial charge in [0.15, 0.2) is 0 Å². The number of ether oxygens (including phenoxy) is 2. The van der Waals surface area contributed by atoms with Crippen LogP contribution in [-0.4, -0.2) is 34.5 Å². The molecule has 0 aliphatic rings. The van der Waals surface area contributed by atoms with Gasteiger partial charge in [0.05, 0.1) is 25.6 Å². The maximum Gasteiger partial charge on any atom is 0.351 e. The van der Waals surface area contributed by atoms with Crippen LogP contribution >= 0.6 is 11.6 Å². The normalized spacial score (nSPS) is 10.5. The minimum atomic E-state index is -0.834. The Morgan fingerprint density at radius 3 is 2.38 bits per heavy atom. The Balaban J connectivity index is 2.07. The first-order valence-electron chi connectivity index (χ1n) is 8.35. The average molecular weight is 417 g/mol. The highest BCUT2D eigenvalue weighted by molar-refractivity contribution is 6.30. The molecule has 3 rings (SSSR count). The van der Waals surface area contributed by atoms with Gasteiger partial charge in [0.1, 0.15) is 11.5 Å². The van der Waals surface area contributed by atoms with Gasteiger partial charge in [-0.25, -0.2) is 4.79 Å². The molecule has 1 heterocycles. The van der Waals surface area contributed by atoms with Gasteiger partial charge in [-0.1, -0.05) is 11.6 Å². The topological polar surface area (TPSA) is 104 Å². The average Bonchev–Trinajstić information content (AvgIpc) is 2.73. The van der Waals surface area contributed by atoms with E-state index in [9.17, 15) is 14.4 Å². The van der Waals surface area contributed by atoms with Crippen molar-refractivity contribution in [3.63, 3.8) is 0 Å². The number of halogens is 1. The number of hydrogen-bond acceptors (Lipinski definition) is 6. The lowest BCUT2D eigenvalue weighted by atomic mass is 10.2. The molecule has 0 saturated carbocycles. The number of methoxy groups -OCH3 is 2. The van der Waals surface area contributed by atoms with Gasteiger partial charge in [0.25, 0.3) is 11.5 Å². The van der Waals surface area contributed by atoms with Gasteiger partial charge in [-0.05, 0) is 36.4 Å². The number of amides is 1. The summed E-state index contributed by atoms with van der Waals surface area (Å²) in [6.45, 7) is 0. The summed E-state index contributed by atoms with van der Waals surface area (Å²) in [5.74, 6) is 0.0370. The minimum Gasteiger partial charge on any atom is -0.497 e. The largest absolute Gasteiger partial charge is 0.497 e. The second-order valence-corrected chi connectivity index (χ2v) is 6.34. The Kier molecular flexibility index (Phi) is 5.69. The molecule has 1 N–H and O–H groups in total. The van der Waals surface area contributed by atoms with Crippen LogP contribution in [0.2, 0.25) is 5.02 Å². The Bertz CT molecular complexity index is 1180. The summed E-state index contributed by atoms with van der Waals surface area (Å²) in [6, 6.07) is 11.0. The van der Waals surface area contributed by atoms with Crippen LogP contribution in [0.4, 0.5) is 5.69 Å². The Labute approximate surface area is 170 Å². The fourth-order valence-corrected chi connectivity index (χ4v) is 2.69. The highest BCUT2D eigenvalue weighted by Gasteiger charge is 2.20. The molecule has 10 heteroatoms. The standard InChI is InChI=1S/C19H17ClN4O5/c1-23-18(26)16(22-24(19(23)27)12-6-4-11(20)5-7-12)17(25)21-14-10-13(28-2)8-9-15(14)29-3/h4-10H,1-3H3,(H,21,25). The van der Waals surface area contributed by atoms with Crippen molar-refractivity contribution in [1.82, 2.24) is 14.3 Å². The molecule has 0 atom stereocenters. The lowest BCUT2D eigenvalue weighted by molar-refractivity contribution is 0.101. The van der Waals surface area contributed by atoms with Crippen molar-refractivity contribution in [2.45, 2.75) is 0 Å². The van der Waals surface area contributed by atoms with Gasteiger partial charge in [-0.3, -0.25) is 14.2 Å². The van der Waals surface area contributed by atoms with Gasteiger partial charge in [-0.15, -0.1) is 0 Å². The quantitative estimate of drug-likeness (QED) is 0.680. The lowest BCUT2D eigenvalue weighted by Crippen LogP contribution is -2.43. The van der Waals surface area contributed by atoms with Gasteiger partial charge >= 0.3 is 5.69 Å². The number of aromatic nitrogens is 3. The van der Waals surface area contributed by atoms with Crippen LogP contribution in [0, 0.1) is 0 Å². The Morgan fingerprint density at radius 2 is 1.76 bits per heavy atom. The van der Waals surface area contributed by atoms with Gasteiger partial charge in [-0.2, -0.15) is 9.78 Å². The molecule has 1 amide bonds. The monoisotopic (exact) mass is 416 g/mol. The first kappa shape index (κ1) is 20.2. The molecular formula is C19H17ClN4O5. The van der Waals surface area contributed by atoms with Crippen LogP contribution in [-0.2, 0) is 7.05 Å². The first-order chi connectivity index (χ1) is 13.8. The van der Waals surface area contributed by atoms with Crippen molar-refractivity contribution >= 4 is 23.2 Å². The molecule has 0 unspecified atom stereocenters. The third-order valence-corrected chi connectivity index (χ3v) is 4.37. The van der Waals surface area contributed by atoms with Crippen molar-refractivity contribution in [2.24, 2.45) is 7.05 Å². The van der Waals surface area contributed by atoms with Crippen molar-refractivity contribution in [2.75, 3.05) is 19.5 Å². The summed E-state index contributed by atoms with van der Waals surface area (Å²) in [5, 5.41) is 7.01. The molecule has 9 nitrogen and oxygen atoms in total. The smallest absolute Gasteiger partial charge is 0.351 e. The molecule has 0 aliphatic carbocycles. The highest BCUT2D eigenvalue weighted by Crippen LogP contribution is 2.29. The molecule has 0 aliphatic heterocycles. The third kappa shape index (κ3) is 3.99. The number of benzene rings is 2. The zero-order valence-corrected chi connectivity index (χ0v) is 16.6. The molecule has 0 radical (unpaired) electrons. The molecule has 150 valence electrons. The van der Waals surface area contributed by atoms with Gasteiger partial charge < -0.3 is 14.8 Å². The fraction of sp³-hybridized carbons (Fsp3) is 0.158. The zero-order chi connectivity index (χ0) is 21.1. The summed E-state index contributed by atoms with van der Waals surface area (Å²) < 4.78 is 12.1. The van der Waals surface area contributed by atoms with Gasteiger partial charge in [0, 0.05) is 18.1 Å². The molecule has 1 aromatic heterocycles. The number of nitrogens with zero attached hydrogens (tertiary/aromatic N) is 3. The van der Waals surface area contributed by atoms with E-state index in [4.69, 9.17) is 21.1 Å². The molecule has 2 aromatic carbocycles. The van der Waals surface area contributed by atoms with E-state index in [1.165, 1.54) is 27.3 Å². The maximum atomic E-state index is 12.8.